The third kappa shape index (κ3) is 5.88. The van der Waals surface area contributed by atoms with Gasteiger partial charge in [0.1, 0.15) is 16.8 Å². The zero-order valence-corrected chi connectivity index (χ0v) is 27.0. The minimum atomic E-state index is -0.820. The lowest BCUT2D eigenvalue weighted by atomic mass is 10.0. The van der Waals surface area contributed by atoms with Crippen molar-refractivity contribution < 1.29 is 28.2 Å². The van der Waals surface area contributed by atoms with E-state index in [-0.39, 0.29) is 52.3 Å². The molecule has 1 atom stereocenters. The molecule has 252 valence electrons. The van der Waals surface area contributed by atoms with Gasteiger partial charge in [0.25, 0.3) is 5.91 Å². The van der Waals surface area contributed by atoms with E-state index in [9.17, 15) is 14.4 Å². The van der Waals surface area contributed by atoms with Gasteiger partial charge in [-0.05, 0) is 56.1 Å². The van der Waals surface area contributed by atoms with Crippen LogP contribution in [0.25, 0.3) is 27.4 Å². The predicted molar refractivity (Wildman–Crippen MR) is 181 cm³/mol. The van der Waals surface area contributed by atoms with Crippen molar-refractivity contribution in [2.45, 2.75) is 38.8 Å². The number of morpholine rings is 1. The Morgan fingerprint density at radius 2 is 1.88 bits per heavy atom. The third-order valence-electron chi connectivity index (χ3n) is 9.10. The Labute approximate surface area is 276 Å². The van der Waals surface area contributed by atoms with Crippen LogP contribution in [0.3, 0.4) is 0 Å². The molecule has 0 saturated carbocycles. The van der Waals surface area contributed by atoms with Crippen molar-refractivity contribution in [1.82, 2.24) is 20.1 Å². The highest BCUT2D eigenvalue weighted by Crippen LogP contribution is 2.50. The molecule has 2 fully saturated rings. The average Bonchev–Trinajstić information content (AvgIpc) is 3.52. The number of pyridine rings is 1. The number of hydrogen-bond acceptors (Lipinski definition) is 9. The van der Waals surface area contributed by atoms with Gasteiger partial charge in [0, 0.05) is 38.9 Å². The van der Waals surface area contributed by atoms with Gasteiger partial charge in [-0.3, -0.25) is 14.5 Å². The molecule has 4 heterocycles. The number of ether oxygens (including phenoxy) is 3. The van der Waals surface area contributed by atoms with Gasteiger partial charge in [-0.1, -0.05) is 24.3 Å². The lowest BCUT2D eigenvalue weighted by molar-refractivity contribution is 0.0374. The van der Waals surface area contributed by atoms with E-state index < -0.39 is 23.2 Å². The molecule has 2 amide bonds. The average molecular weight is 659 g/mol. The van der Waals surface area contributed by atoms with Crippen LogP contribution in [-0.2, 0) is 9.47 Å². The fraction of sp³-hybridized carbons (Fsp3) is 0.400. The second-order valence-corrected chi connectivity index (χ2v) is 12.7. The first-order valence-corrected chi connectivity index (χ1v) is 16.4. The molecule has 3 aliphatic rings. The maximum atomic E-state index is 16.5. The van der Waals surface area contributed by atoms with E-state index in [1.165, 1.54) is 6.20 Å². The van der Waals surface area contributed by atoms with E-state index in [2.05, 4.69) is 15.5 Å². The largest absolute Gasteiger partial charge is 0.451 e. The van der Waals surface area contributed by atoms with Gasteiger partial charge in [0.2, 0.25) is 5.43 Å². The summed E-state index contributed by atoms with van der Waals surface area (Å²) in [5.74, 6) is -0.824. The summed E-state index contributed by atoms with van der Waals surface area (Å²) in [6.45, 7) is 8.40. The number of alkyl carbamates (subject to hydrolysis) is 1. The number of halogens is 1. The summed E-state index contributed by atoms with van der Waals surface area (Å²) in [7, 11) is 0. The van der Waals surface area contributed by atoms with Gasteiger partial charge in [-0.2, -0.15) is 0 Å². The zero-order chi connectivity index (χ0) is 33.5. The highest BCUT2D eigenvalue weighted by Gasteiger charge is 2.36. The van der Waals surface area contributed by atoms with Crippen LogP contribution < -0.4 is 31.4 Å². The van der Waals surface area contributed by atoms with Gasteiger partial charge in [0.15, 0.2) is 17.3 Å². The van der Waals surface area contributed by atoms with Crippen LogP contribution in [-0.4, -0.2) is 86.1 Å². The van der Waals surface area contributed by atoms with E-state index >= 15 is 4.39 Å². The molecule has 3 aliphatic heterocycles. The number of nitrogen functional groups attached to an aromatic ring is 1. The summed E-state index contributed by atoms with van der Waals surface area (Å²) in [5, 5.41) is 7.42. The highest BCUT2D eigenvalue weighted by atomic mass is 19.1. The summed E-state index contributed by atoms with van der Waals surface area (Å²) in [6.07, 6.45) is 1.89. The monoisotopic (exact) mass is 658 g/mol. The van der Waals surface area contributed by atoms with E-state index in [1.54, 1.807) is 23.3 Å². The summed E-state index contributed by atoms with van der Waals surface area (Å²) < 4.78 is 35.3. The number of rotatable bonds is 8. The molecule has 48 heavy (non-hydrogen) atoms. The second-order valence-electron chi connectivity index (χ2n) is 12.7. The molecule has 3 aromatic carbocycles. The molecule has 4 aromatic rings. The smallest absolute Gasteiger partial charge is 0.407 e. The van der Waals surface area contributed by atoms with Crippen molar-refractivity contribution in [3.8, 4) is 17.2 Å². The molecule has 1 aromatic heterocycles. The first-order chi connectivity index (χ1) is 23.2. The Kier molecular flexibility index (Phi) is 8.56. The lowest BCUT2D eigenvalue weighted by Gasteiger charge is -2.30. The summed E-state index contributed by atoms with van der Waals surface area (Å²) in [5.41, 5.74) is 6.21. The van der Waals surface area contributed by atoms with Crippen LogP contribution in [0.5, 0.6) is 11.5 Å². The predicted octanol–water partition coefficient (Wildman–Crippen LogP) is 4.14. The van der Waals surface area contributed by atoms with Crippen molar-refractivity contribution in [2.75, 3.05) is 63.1 Å². The normalized spacial score (nSPS) is 17.4. The molecular formula is C35H39FN6O6. The van der Waals surface area contributed by atoms with E-state index in [0.29, 0.717) is 50.6 Å². The van der Waals surface area contributed by atoms with Crippen LogP contribution in [0.4, 0.5) is 20.6 Å². The van der Waals surface area contributed by atoms with Crippen LogP contribution in [0, 0.1) is 5.82 Å². The minimum absolute atomic E-state index is 0.0915. The van der Waals surface area contributed by atoms with Crippen molar-refractivity contribution in [3.05, 3.63) is 64.2 Å². The van der Waals surface area contributed by atoms with Crippen LogP contribution in [0.1, 0.15) is 37.0 Å². The van der Waals surface area contributed by atoms with Gasteiger partial charge < -0.3 is 40.0 Å². The number of amides is 2. The topological polar surface area (TPSA) is 140 Å². The summed E-state index contributed by atoms with van der Waals surface area (Å²) in [4.78, 5) is 43.9. The number of benzene rings is 3. The quantitative estimate of drug-likeness (QED) is 0.166. The molecule has 0 spiro atoms. The number of aromatic nitrogens is 1. The van der Waals surface area contributed by atoms with Crippen molar-refractivity contribution in [2.24, 2.45) is 0 Å². The van der Waals surface area contributed by atoms with Gasteiger partial charge in [-0.25, -0.2) is 9.18 Å². The van der Waals surface area contributed by atoms with E-state index in [4.69, 9.17) is 19.9 Å². The van der Waals surface area contributed by atoms with E-state index in [1.807, 2.05) is 36.4 Å². The molecule has 0 radical (unpaired) electrons. The number of fused-ring (bicyclic) bond motifs is 3. The van der Waals surface area contributed by atoms with Crippen LogP contribution in [0.15, 0.2) is 47.4 Å². The highest BCUT2D eigenvalue weighted by molar-refractivity contribution is 6.06. The molecule has 0 aliphatic carbocycles. The molecular weight excluding hydrogens is 619 g/mol. The van der Waals surface area contributed by atoms with Crippen LogP contribution >= 0.6 is 0 Å². The molecule has 4 N–H and O–H groups in total. The van der Waals surface area contributed by atoms with Gasteiger partial charge >= 0.3 is 6.09 Å². The fourth-order valence-electron chi connectivity index (χ4n) is 6.78. The number of hydrogen-bond donors (Lipinski definition) is 3. The maximum Gasteiger partial charge on any atom is 0.407 e. The van der Waals surface area contributed by atoms with Crippen molar-refractivity contribution in [1.29, 1.82) is 0 Å². The second kappa shape index (κ2) is 13.0. The number of nitrogens with zero attached hydrogens (tertiary/aromatic N) is 3. The van der Waals surface area contributed by atoms with Crippen LogP contribution in [0.2, 0.25) is 0 Å². The van der Waals surface area contributed by atoms with Crippen molar-refractivity contribution in [3.63, 3.8) is 0 Å². The summed E-state index contributed by atoms with van der Waals surface area (Å²) >= 11 is 0. The Hall–Kier alpha value is -4.88. The Morgan fingerprint density at radius 3 is 2.62 bits per heavy atom. The minimum Gasteiger partial charge on any atom is -0.451 e. The Morgan fingerprint density at radius 1 is 1.12 bits per heavy atom. The molecule has 2 saturated heterocycles. The zero-order valence-electron chi connectivity index (χ0n) is 27.0. The number of anilines is 2. The number of carbonyl (C=O) groups is 2. The third-order valence-corrected chi connectivity index (χ3v) is 9.10. The lowest BCUT2D eigenvalue weighted by Crippen LogP contribution is -2.38. The maximum absolute atomic E-state index is 16.5. The molecule has 1 unspecified atom stereocenters. The standard InChI is InChI=1S/C35H39FN6O6/c1-20(2)47-35(45)39-23-8-11-41(18-23)31-28(36)29(37)27-30-33(31)48-26-17-22-7-4-3-6-21(22)16-25(26)42(30)19-24(32(27)43)34(44)38-9-5-10-40-12-14-46-15-13-40/h3-4,6-7,16-17,19-20,23H,5,8-15,18,37H2,1-2H3,(H,38,44)(H,39,45). The van der Waals surface area contributed by atoms with Gasteiger partial charge in [-0.15, -0.1) is 0 Å². The fourth-order valence-corrected chi connectivity index (χ4v) is 6.78. The Bertz CT molecular complexity index is 1970. The molecule has 13 heteroatoms. The van der Waals surface area contributed by atoms with Crippen molar-refractivity contribution >= 4 is 45.1 Å². The molecule has 0 bridgehead atoms. The molecule has 7 rings (SSSR count). The van der Waals surface area contributed by atoms with Gasteiger partial charge in [0.05, 0.1) is 42.1 Å². The number of nitrogens with one attached hydrogen (secondary N) is 2. The SMILES string of the molecule is CC(C)OC(=O)NC1CCN(c2c(F)c(N)c3c(=O)c(C(=O)NCCCN4CCOCC4)cn4c3c2Oc2cc3ccccc3cc2-4)C1. The summed E-state index contributed by atoms with van der Waals surface area (Å²) in [6, 6.07) is 11.2. The first-order valence-electron chi connectivity index (χ1n) is 16.4. The Balaban J connectivity index is 1.29. The molecule has 12 nitrogen and oxygen atoms in total. The number of carbonyl (C=O) groups excluding carboxylic acids is 2. The van der Waals surface area contributed by atoms with E-state index in [0.717, 1.165) is 30.4 Å². The first kappa shape index (κ1) is 31.7. The number of nitrogens with two attached hydrogens (primary N) is 1.